The van der Waals surface area contributed by atoms with Crippen LogP contribution < -0.4 is 5.32 Å². The van der Waals surface area contributed by atoms with E-state index in [9.17, 15) is 9.90 Å². The van der Waals surface area contributed by atoms with Crippen LogP contribution in [-0.2, 0) is 11.2 Å². The van der Waals surface area contributed by atoms with Crippen LogP contribution in [0.1, 0.15) is 24.5 Å². The van der Waals surface area contributed by atoms with Gasteiger partial charge < -0.3 is 10.4 Å². The minimum absolute atomic E-state index is 0.528. The third-order valence-corrected chi connectivity index (χ3v) is 3.70. The minimum atomic E-state index is -0.981. The summed E-state index contributed by atoms with van der Waals surface area (Å²) in [6.07, 6.45) is 1.25. The lowest BCUT2D eigenvalue weighted by Crippen LogP contribution is -2.43. The molecule has 0 bridgehead atoms. The molecule has 0 aliphatic rings. The van der Waals surface area contributed by atoms with Gasteiger partial charge in [-0.15, -0.1) is 0 Å². The average Bonchev–Trinajstić information content (AvgIpc) is 2.48. The molecule has 0 spiro atoms. The summed E-state index contributed by atoms with van der Waals surface area (Å²) in [6.45, 7) is 3.74. The van der Waals surface area contributed by atoms with E-state index >= 15 is 0 Å². The van der Waals surface area contributed by atoms with Crippen LogP contribution in [-0.4, -0.2) is 16.6 Å². The largest absolute Gasteiger partial charge is 0.480 e. The fraction of sp³-hybridized carbons (Fsp3) is 0.278. The Hall–Kier alpha value is -2.29. The first-order valence-electron chi connectivity index (χ1n) is 7.12. The first kappa shape index (κ1) is 15.1. The number of carboxylic acids is 1. The highest BCUT2D eigenvalue weighted by atomic mass is 16.4. The molecule has 0 aliphatic carbocycles. The van der Waals surface area contributed by atoms with E-state index in [0.29, 0.717) is 6.42 Å². The summed E-state index contributed by atoms with van der Waals surface area (Å²) in [5.41, 5.74) is 2.15. The Morgan fingerprint density at radius 3 is 2.29 bits per heavy atom. The molecule has 0 amide bonds. The molecule has 2 N–H and O–H groups in total. The molecule has 0 saturated heterocycles. The Kier molecular flexibility index (Phi) is 4.63. The summed E-state index contributed by atoms with van der Waals surface area (Å²) in [6, 6.07) is 17.7. The van der Waals surface area contributed by atoms with Gasteiger partial charge in [-0.05, 0) is 44.4 Å². The number of rotatable bonds is 6. The summed E-state index contributed by atoms with van der Waals surface area (Å²) in [5.74, 6) is -0.834. The monoisotopic (exact) mass is 283 g/mol. The number of carbonyl (C=O) groups is 1. The minimum Gasteiger partial charge on any atom is -0.480 e. The van der Waals surface area contributed by atoms with E-state index in [1.165, 1.54) is 0 Å². The second kappa shape index (κ2) is 6.44. The number of benzene rings is 2. The van der Waals surface area contributed by atoms with Crippen LogP contribution in [0.2, 0.25) is 0 Å². The zero-order chi connectivity index (χ0) is 15.3. The fourth-order valence-electron chi connectivity index (χ4n) is 2.22. The Bertz CT molecular complexity index is 592. The van der Waals surface area contributed by atoms with Gasteiger partial charge in [0.1, 0.15) is 5.54 Å². The van der Waals surface area contributed by atoms with Gasteiger partial charge in [0.05, 0.1) is 0 Å². The molecule has 21 heavy (non-hydrogen) atoms. The molecule has 0 aliphatic heterocycles. The number of anilines is 1. The zero-order valence-corrected chi connectivity index (χ0v) is 12.5. The maximum atomic E-state index is 11.7. The van der Waals surface area contributed by atoms with Gasteiger partial charge in [0.15, 0.2) is 0 Å². The maximum absolute atomic E-state index is 11.7. The Labute approximate surface area is 125 Å². The smallest absolute Gasteiger partial charge is 0.329 e. The highest BCUT2D eigenvalue weighted by Gasteiger charge is 2.32. The van der Waals surface area contributed by atoms with Crippen molar-refractivity contribution in [2.24, 2.45) is 0 Å². The van der Waals surface area contributed by atoms with E-state index in [1.54, 1.807) is 6.92 Å². The first-order valence-corrected chi connectivity index (χ1v) is 7.12. The van der Waals surface area contributed by atoms with E-state index in [-0.39, 0.29) is 0 Å². The average molecular weight is 283 g/mol. The normalized spacial score (nSPS) is 13.4. The van der Waals surface area contributed by atoms with Crippen LogP contribution in [0.15, 0.2) is 54.6 Å². The van der Waals surface area contributed by atoms with Gasteiger partial charge in [-0.25, -0.2) is 4.79 Å². The molecule has 0 aromatic heterocycles. The Morgan fingerprint density at radius 2 is 1.71 bits per heavy atom. The molecule has 0 radical (unpaired) electrons. The van der Waals surface area contributed by atoms with Crippen molar-refractivity contribution < 1.29 is 9.90 Å². The molecule has 1 atom stereocenters. The summed E-state index contributed by atoms with van der Waals surface area (Å²) in [4.78, 5) is 11.7. The standard InChI is InChI=1S/C18H21NO2/c1-14-8-10-16(11-9-14)19-18(2,17(20)21)13-12-15-6-4-3-5-7-15/h3-11,19H,12-13H2,1-2H3,(H,20,21). The molecule has 1 unspecified atom stereocenters. The molecule has 0 saturated carbocycles. The number of aliphatic carboxylic acids is 1. The van der Waals surface area contributed by atoms with Crippen LogP contribution in [0.4, 0.5) is 5.69 Å². The fourth-order valence-corrected chi connectivity index (χ4v) is 2.22. The van der Waals surface area contributed by atoms with Gasteiger partial charge in [-0.1, -0.05) is 48.0 Å². The highest BCUT2D eigenvalue weighted by Crippen LogP contribution is 2.21. The van der Waals surface area contributed by atoms with Gasteiger partial charge in [-0.2, -0.15) is 0 Å². The van der Waals surface area contributed by atoms with E-state index in [4.69, 9.17) is 0 Å². The van der Waals surface area contributed by atoms with Gasteiger partial charge in [0.2, 0.25) is 0 Å². The van der Waals surface area contributed by atoms with Gasteiger partial charge in [0, 0.05) is 5.69 Å². The second-order valence-electron chi connectivity index (χ2n) is 5.61. The van der Waals surface area contributed by atoms with Crippen molar-refractivity contribution in [3.63, 3.8) is 0 Å². The molecule has 3 nitrogen and oxygen atoms in total. The Balaban J connectivity index is 2.09. The van der Waals surface area contributed by atoms with Crippen molar-refractivity contribution in [3.05, 3.63) is 65.7 Å². The molecule has 0 heterocycles. The molecular formula is C18H21NO2. The van der Waals surface area contributed by atoms with Crippen LogP contribution in [0, 0.1) is 6.92 Å². The van der Waals surface area contributed by atoms with Crippen LogP contribution >= 0.6 is 0 Å². The summed E-state index contributed by atoms with van der Waals surface area (Å²) < 4.78 is 0. The number of hydrogen-bond acceptors (Lipinski definition) is 2. The van der Waals surface area contributed by atoms with Gasteiger partial charge >= 0.3 is 5.97 Å². The van der Waals surface area contributed by atoms with Gasteiger partial charge in [-0.3, -0.25) is 0 Å². The lowest BCUT2D eigenvalue weighted by atomic mass is 9.92. The van der Waals surface area contributed by atoms with Crippen molar-refractivity contribution >= 4 is 11.7 Å². The second-order valence-corrected chi connectivity index (χ2v) is 5.61. The lowest BCUT2D eigenvalue weighted by molar-refractivity contribution is -0.141. The molecule has 2 aromatic rings. The van der Waals surface area contributed by atoms with Crippen molar-refractivity contribution in [3.8, 4) is 0 Å². The quantitative estimate of drug-likeness (QED) is 0.845. The van der Waals surface area contributed by atoms with Crippen molar-refractivity contribution in [2.75, 3.05) is 5.32 Å². The summed E-state index contributed by atoms with van der Waals surface area (Å²) in [7, 11) is 0. The molecule has 2 aromatic carbocycles. The number of hydrogen-bond donors (Lipinski definition) is 2. The third-order valence-electron chi connectivity index (χ3n) is 3.70. The highest BCUT2D eigenvalue weighted by molar-refractivity contribution is 5.82. The topological polar surface area (TPSA) is 49.3 Å². The zero-order valence-electron chi connectivity index (χ0n) is 12.5. The lowest BCUT2D eigenvalue weighted by Gasteiger charge is -2.27. The van der Waals surface area contributed by atoms with Crippen molar-refractivity contribution in [2.45, 2.75) is 32.2 Å². The number of nitrogens with one attached hydrogen (secondary N) is 1. The van der Waals surface area contributed by atoms with Crippen molar-refractivity contribution in [1.82, 2.24) is 0 Å². The predicted molar refractivity (Wildman–Crippen MR) is 85.6 cm³/mol. The maximum Gasteiger partial charge on any atom is 0.329 e. The number of aryl methyl sites for hydroxylation is 2. The van der Waals surface area contributed by atoms with E-state index in [2.05, 4.69) is 5.32 Å². The van der Waals surface area contributed by atoms with Gasteiger partial charge in [0.25, 0.3) is 0 Å². The van der Waals surface area contributed by atoms with E-state index in [1.807, 2.05) is 61.5 Å². The summed E-state index contributed by atoms with van der Waals surface area (Å²) >= 11 is 0. The third kappa shape index (κ3) is 4.09. The Morgan fingerprint density at radius 1 is 1.10 bits per heavy atom. The molecule has 110 valence electrons. The van der Waals surface area contributed by atoms with Crippen LogP contribution in [0.3, 0.4) is 0 Å². The molecule has 2 rings (SSSR count). The van der Waals surface area contributed by atoms with Crippen LogP contribution in [0.5, 0.6) is 0 Å². The number of carboxylic acid groups (broad SMARTS) is 1. The van der Waals surface area contributed by atoms with Crippen LogP contribution in [0.25, 0.3) is 0 Å². The van der Waals surface area contributed by atoms with Crippen molar-refractivity contribution in [1.29, 1.82) is 0 Å². The van der Waals surface area contributed by atoms with E-state index < -0.39 is 11.5 Å². The van der Waals surface area contributed by atoms with E-state index in [0.717, 1.165) is 23.2 Å². The molecular weight excluding hydrogens is 262 g/mol. The first-order chi connectivity index (χ1) is 9.99. The molecule has 0 fully saturated rings. The molecule has 3 heteroatoms. The summed E-state index contributed by atoms with van der Waals surface area (Å²) in [5, 5.41) is 12.7. The predicted octanol–water partition coefficient (Wildman–Crippen LogP) is 3.88. The SMILES string of the molecule is Cc1ccc(NC(C)(CCc2ccccc2)C(=O)O)cc1.